The van der Waals surface area contributed by atoms with Gasteiger partial charge in [-0.1, -0.05) is 25.5 Å². The standard InChI is InChI=1S/C29H41NO13/c1-4-39-26(35)43-29(23(33)17-41-25(34)40-13-11-38-12-14-42-30(36)37)10-8-21-20-6-5-18-15-19(31)7-9-27(18,2)24(20)22(32)16-28(21,29)3/h7,9,15,20-22,24,32,36-37H,4-6,8,10-14,16-17H2,1-3H3/t20-,21-,22-,24+,27-,28-,29-/m0/s1. The van der Waals surface area contributed by atoms with Crippen molar-refractivity contribution in [3.8, 4) is 0 Å². The van der Waals surface area contributed by atoms with Crippen molar-refractivity contribution in [1.82, 2.24) is 5.39 Å². The van der Waals surface area contributed by atoms with Crippen LogP contribution in [-0.4, -0.2) is 96.1 Å². The van der Waals surface area contributed by atoms with Crippen LogP contribution in [0, 0.1) is 28.6 Å². The molecule has 43 heavy (non-hydrogen) atoms. The molecule has 0 spiro atoms. The number of carbonyl (C=O) groups excluding carboxylic acids is 4. The lowest BCUT2D eigenvalue weighted by Crippen LogP contribution is -2.63. The summed E-state index contributed by atoms with van der Waals surface area (Å²) in [5, 5.41) is 28.1. The van der Waals surface area contributed by atoms with Gasteiger partial charge in [0.05, 0.1) is 37.9 Å². The second-order valence-corrected chi connectivity index (χ2v) is 11.9. The molecule has 4 aliphatic carbocycles. The predicted octanol–water partition coefficient (Wildman–Crippen LogP) is 2.93. The molecule has 4 rings (SSSR count). The first kappa shape index (κ1) is 33.0. The Balaban J connectivity index is 1.46. The minimum absolute atomic E-state index is 0.0108. The molecule has 3 fully saturated rings. The maximum atomic E-state index is 13.9. The summed E-state index contributed by atoms with van der Waals surface area (Å²) in [7, 11) is 0. The van der Waals surface area contributed by atoms with Gasteiger partial charge in [0.25, 0.3) is 0 Å². The molecule has 0 amide bonds. The van der Waals surface area contributed by atoms with Crippen molar-refractivity contribution in [3.63, 3.8) is 0 Å². The summed E-state index contributed by atoms with van der Waals surface area (Å²) in [5.74, 6) is -0.990. The third kappa shape index (κ3) is 6.49. The Labute approximate surface area is 249 Å². The Morgan fingerprint density at radius 3 is 2.49 bits per heavy atom. The topological polar surface area (TPSA) is 188 Å². The lowest BCUT2D eigenvalue weighted by atomic mass is 9.46. The van der Waals surface area contributed by atoms with Crippen molar-refractivity contribution >= 4 is 23.9 Å². The van der Waals surface area contributed by atoms with Crippen LogP contribution in [0.3, 0.4) is 0 Å². The number of hydrogen-bond donors (Lipinski definition) is 3. The summed E-state index contributed by atoms with van der Waals surface area (Å²) in [6.45, 7) is 4.40. The lowest BCUT2D eigenvalue weighted by Gasteiger charge is -2.59. The molecule has 0 heterocycles. The van der Waals surface area contributed by atoms with E-state index in [2.05, 4.69) is 4.84 Å². The fourth-order valence-corrected chi connectivity index (χ4v) is 8.03. The molecule has 0 bridgehead atoms. The Kier molecular flexibility index (Phi) is 10.3. The highest BCUT2D eigenvalue weighted by Crippen LogP contribution is 2.68. The summed E-state index contributed by atoms with van der Waals surface area (Å²) < 4.78 is 26.0. The van der Waals surface area contributed by atoms with Gasteiger partial charge >= 0.3 is 12.3 Å². The van der Waals surface area contributed by atoms with E-state index in [1.54, 1.807) is 19.1 Å². The zero-order valence-electron chi connectivity index (χ0n) is 24.7. The fourth-order valence-electron chi connectivity index (χ4n) is 8.03. The number of aliphatic hydroxyl groups is 1. The molecule has 0 saturated heterocycles. The average Bonchev–Trinajstić information content (AvgIpc) is 3.23. The first-order chi connectivity index (χ1) is 20.4. The minimum Gasteiger partial charge on any atom is -0.435 e. The van der Waals surface area contributed by atoms with Gasteiger partial charge in [-0.2, -0.15) is 0 Å². The largest absolute Gasteiger partial charge is 0.509 e. The molecule has 3 N–H and O–H groups in total. The lowest BCUT2D eigenvalue weighted by molar-refractivity contribution is -0.493. The summed E-state index contributed by atoms with van der Waals surface area (Å²) in [6, 6.07) is 0. The highest BCUT2D eigenvalue weighted by Gasteiger charge is 2.70. The maximum absolute atomic E-state index is 13.9. The van der Waals surface area contributed by atoms with Crippen molar-refractivity contribution in [3.05, 3.63) is 23.8 Å². The highest BCUT2D eigenvalue weighted by atomic mass is 17.1. The summed E-state index contributed by atoms with van der Waals surface area (Å²) in [5.41, 5.74) is -2.19. The Morgan fingerprint density at radius 1 is 1.02 bits per heavy atom. The third-order valence-electron chi connectivity index (χ3n) is 9.79. The average molecular weight is 612 g/mol. The molecule has 0 aromatic rings. The van der Waals surface area contributed by atoms with Crippen molar-refractivity contribution in [1.29, 1.82) is 0 Å². The first-order valence-corrected chi connectivity index (χ1v) is 14.6. The van der Waals surface area contributed by atoms with E-state index < -0.39 is 52.6 Å². The van der Waals surface area contributed by atoms with Gasteiger partial charge in [-0.3, -0.25) is 20.0 Å². The van der Waals surface area contributed by atoms with Gasteiger partial charge in [-0.15, -0.1) is 0 Å². The zero-order valence-corrected chi connectivity index (χ0v) is 24.7. The molecule has 3 saturated carbocycles. The molecule has 0 aromatic carbocycles. The smallest absolute Gasteiger partial charge is 0.435 e. The van der Waals surface area contributed by atoms with Crippen LogP contribution >= 0.6 is 0 Å². The first-order valence-electron chi connectivity index (χ1n) is 14.6. The highest BCUT2D eigenvalue weighted by molar-refractivity contribution is 6.01. The number of aliphatic hydroxyl groups excluding tert-OH is 1. The zero-order chi connectivity index (χ0) is 31.4. The van der Waals surface area contributed by atoms with Crippen LogP contribution in [0.5, 0.6) is 0 Å². The van der Waals surface area contributed by atoms with Gasteiger partial charge in [-0.25, -0.2) is 14.4 Å². The maximum Gasteiger partial charge on any atom is 0.509 e. The van der Waals surface area contributed by atoms with Crippen LogP contribution in [0.2, 0.25) is 0 Å². The van der Waals surface area contributed by atoms with Crippen LogP contribution < -0.4 is 0 Å². The second-order valence-electron chi connectivity index (χ2n) is 11.9. The molecular weight excluding hydrogens is 570 g/mol. The number of ether oxygens (including phenoxy) is 5. The minimum atomic E-state index is -1.71. The van der Waals surface area contributed by atoms with Gasteiger partial charge in [-0.05, 0) is 63.0 Å². The third-order valence-corrected chi connectivity index (χ3v) is 9.79. The molecular formula is C29H41NO13. The van der Waals surface area contributed by atoms with Crippen LogP contribution in [0.15, 0.2) is 23.8 Å². The number of rotatable bonds is 12. The molecule has 0 aliphatic heterocycles. The molecule has 4 aliphatic rings. The quantitative estimate of drug-likeness (QED) is 0.166. The monoisotopic (exact) mass is 611 g/mol. The van der Waals surface area contributed by atoms with Crippen molar-refractivity contribution in [2.75, 3.05) is 39.6 Å². The molecule has 7 atom stereocenters. The molecule has 0 radical (unpaired) electrons. The Bertz CT molecular complexity index is 1140. The summed E-state index contributed by atoms with van der Waals surface area (Å²) in [6.07, 6.45) is 4.38. The number of allylic oxidation sites excluding steroid dienone is 4. The molecule has 240 valence electrons. The van der Waals surface area contributed by atoms with Crippen molar-refractivity contribution in [2.45, 2.75) is 64.6 Å². The van der Waals surface area contributed by atoms with E-state index in [9.17, 15) is 24.3 Å². The van der Waals surface area contributed by atoms with E-state index in [0.29, 0.717) is 19.3 Å². The van der Waals surface area contributed by atoms with E-state index >= 15 is 0 Å². The normalized spacial score (nSPS) is 34.5. The molecule has 14 nitrogen and oxygen atoms in total. The van der Waals surface area contributed by atoms with E-state index in [-0.39, 0.29) is 69.4 Å². The van der Waals surface area contributed by atoms with Gasteiger partial charge in [0.1, 0.15) is 6.61 Å². The molecule has 0 aromatic heterocycles. The van der Waals surface area contributed by atoms with E-state index in [1.165, 1.54) is 0 Å². The summed E-state index contributed by atoms with van der Waals surface area (Å²) in [4.78, 5) is 55.2. The number of Topliss-reactive ketones (excluding diaryl/α,β-unsaturated/α-hetero) is 1. The van der Waals surface area contributed by atoms with Crippen LogP contribution in [0.4, 0.5) is 9.59 Å². The number of carbonyl (C=O) groups is 4. The van der Waals surface area contributed by atoms with Gasteiger partial charge in [0.15, 0.2) is 18.0 Å². The Hall–Kier alpha value is -2.88. The van der Waals surface area contributed by atoms with Gasteiger partial charge in [0, 0.05) is 16.7 Å². The number of fused-ring (bicyclic) bond motifs is 5. The predicted molar refractivity (Wildman–Crippen MR) is 143 cm³/mol. The van der Waals surface area contributed by atoms with Gasteiger partial charge < -0.3 is 28.8 Å². The summed E-state index contributed by atoms with van der Waals surface area (Å²) >= 11 is 0. The van der Waals surface area contributed by atoms with Crippen LogP contribution in [0.25, 0.3) is 0 Å². The van der Waals surface area contributed by atoms with Crippen LogP contribution in [0.1, 0.15) is 52.9 Å². The Morgan fingerprint density at radius 2 is 1.77 bits per heavy atom. The number of ketones is 2. The number of nitrogens with zero attached hydrogens (tertiary/aromatic N) is 1. The second kappa shape index (κ2) is 13.4. The van der Waals surface area contributed by atoms with E-state index in [4.69, 9.17) is 34.1 Å². The van der Waals surface area contributed by atoms with E-state index in [1.807, 2.05) is 19.9 Å². The van der Waals surface area contributed by atoms with Gasteiger partial charge in [0.2, 0.25) is 5.78 Å². The number of hydrogen-bond acceptors (Lipinski definition) is 14. The SMILES string of the molecule is CCOC(=O)O[C@]1(C(=O)COC(=O)OCCOCCON(O)O)CC[C@H]2[C@@H]3CCC4=CC(=O)C=C[C@]4(C)[C@H]3[C@@H](O)C[C@@]21C. The molecule has 0 unspecified atom stereocenters. The van der Waals surface area contributed by atoms with Crippen molar-refractivity contribution in [2.24, 2.45) is 28.6 Å². The fraction of sp³-hybridized carbons (Fsp3) is 0.724. The molecule has 14 heteroatoms. The van der Waals surface area contributed by atoms with Crippen molar-refractivity contribution < 1.29 is 63.2 Å². The van der Waals surface area contributed by atoms with E-state index in [0.717, 1.165) is 5.57 Å². The van der Waals surface area contributed by atoms with Crippen LogP contribution in [-0.2, 0) is 38.1 Å².